The second-order valence-electron chi connectivity index (χ2n) is 6.29. The maximum atomic E-state index is 12.3. The fourth-order valence-corrected chi connectivity index (χ4v) is 2.83. The van der Waals surface area contributed by atoms with Gasteiger partial charge in [-0.05, 0) is 37.5 Å². The molecule has 1 amide bonds. The van der Waals surface area contributed by atoms with Gasteiger partial charge in [0, 0.05) is 12.6 Å². The molecule has 0 aliphatic carbocycles. The van der Waals surface area contributed by atoms with E-state index in [1.165, 1.54) is 6.42 Å². The van der Waals surface area contributed by atoms with Gasteiger partial charge in [-0.2, -0.15) is 0 Å². The molecule has 0 aromatic carbocycles. The molecule has 3 unspecified atom stereocenters. The lowest BCUT2D eigenvalue weighted by molar-refractivity contribution is -0.138. The number of hydrogen-bond acceptors (Lipinski definition) is 2. The first-order valence-corrected chi connectivity index (χ1v) is 6.89. The van der Waals surface area contributed by atoms with E-state index in [2.05, 4.69) is 34.6 Å². The van der Waals surface area contributed by atoms with Gasteiger partial charge >= 0.3 is 0 Å². The average molecular weight is 240 g/mol. The lowest BCUT2D eigenvalue weighted by Crippen LogP contribution is -2.54. The number of hydrogen-bond donors (Lipinski definition) is 1. The van der Waals surface area contributed by atoms with Crippen molar-refractivity contribution in [2.75, 3.05) is 6.54 Å². The summed E-state index contributed by atoms with van der Waals surface area (Å²) < 4.78 is 0. The molecule has 1 rings (SSSR count). The number of nitrogens with two attached hydrogens (primary N) is 1. The van der Waals surface area contributed by atoms with Gasteiger partial charge in [-0.25, -0.2) is 0 Å². The lowest BCUT2D eigenvalue weighted by Gasteiger charge is -2.42. The molecule has 0 aromatic rings. The van der Waals surface area contributed by atoms with E-state index in [0.29, 0.717) is 23.8 Å². The van der Waals surface area contributed by atoms with Gasteiger partial charge in [0.05, 0.1) is 6.04 Å². The van der Waals surface area contributed by atoms with Crippen LogP contribution in [0.4, 0.5) is 0 Å². The highest BCUT2D eigenvalue weighted by atomic mass is 16.2. The molecule has 0 aromatic heterocycles. The molecule has 2 N–H and O–H groups in total. The molecule has 100 valence electrons. The zero-order chi connectivity index (χ0) is 13.2. The fraction of sp³-hybridized carbons (Fsp3) is 0.929. The summed E-state index contributed by atoms with van der Waals surface area (Å²) in [6, 6.07) is 0.00635. The molecule has 1 saturated heterocycles. The lowest BCUT2D eigenvalue weighted by atomic mass is 9.85. The van der Waals surface area contributed by atoms with Crippen LogP contribution in [0.15, 0.2) is 0 Å². The molecule has 0 radical (unpaired) electrons. The summed E-state index contributed by atoms with van der Waals surface area (Å²) in [5, 5.41) is 0. The van der Waals surface area contributed by atoms with E-state index in [0.717, 1.165) is 13.0 Å². The van der Waals surface area contributed by atoms with Crippen molar-refractivity contribution in [3.63, 3.8) is 0 Å². The van der Waals surface area contributed by atoms with Gasteiger partial charge in [-0.3, -0.25) is 4.79 Å². The normalized spacial score (nSPS) is 31.7. The molecule has 0 bridgehead atoms. The van der Waals surface area contributed by atoms with Crippen LogP contribution in [0, 0.1) is 17.8 Å². The fourth-order valence-electron chi connectivity index (χ4n) is 2.83. The van der Waals surface area contributed by atoms with Gasteiger partial charge in [0.25, 0.3) is 0 Å². The van der Waals surface area contributed by atoms with E-state index in [4.69, 9.17) is 5.73 Å². The number of rotatable bonds is 3. The van der Waals surface area contributed by atoms with Crippen LogP contribution in [0.2, 0.25) is 0 Å². The van der Waals surface area contributed by atoms with Gasteiger partial charge < -0.3 is 10.6 Å². The molecule has 0 saturated carbocycles. The zero-order valence-electron chi connectivity index (χ0n) is 11.9. The van der Waals surface area contributed by atoms with Gasteiger partial charge in [-0.1, -0.05) is 27.7 Å². The standard InChI is InChI=1S/C14H28N2O/c1-9(2)6-13(15)14(17)16-8-10(3)7-11(4)12(16)5/h9-13H,6-8,15H2,1-5H3/t10?,11?,12?,13-/m0/s1. The second-order valence-corrected chi connectivity index (χ2v) is 6.29. The number of carbonyl (C=O) groups excluding carboxylic acids is 1. The van der Waals surface area contributed by atoms with Crippen LogP contribution < -0.4 is 5.73 Å². The van der Waals surface area contributed by atoms with Crippen molar-refractivity contribution in [1.82, 2.24) is 4.90 Å². The summed E-state index contributed by atoms with van der Waals surface area (Å²) >= 11 is 0. The van der Waals surface area contributed by atoms with E-state index >= 15 is 0 Å². The number of amides is 1. The summed E-state index contributed by atoms with van der Waals surface area (Å²) in [6.45, 7) is 11.7. The van der Waals surface area contributed by atoms with E-state index in [-0.39, 0.29) is 11.9 Å². The SMILES string of the molecule is CC(C)C[C@H](N)C(=O)N1CC(C)CC(C)C1C. The highest BCUT2D eigenvalue weighted by molar-refractivity contribution is 5.82. The Hall–Kier alpha value is -0.570. The van der Waals surface area contributed by atoms with Crippen LogP contribution in [-0.2, 0) is 4.79 Å². The third-order valence-corrected chi connectivity index (χ3v) is 3.92. The number of piperidine rings is 1. The predicted octanol–water partition coefficient (Wildman–Crippen LogP) is 2.25. The third kappa shape index (κ3) is 3.70. The predicted molar refractivity (Wildman–Crippen MR) is 71.6 cm³/mol. The van der Waals surface area contributed by atoms with Gasteiger partial charge in [0.1, 0.15) is 0 Å². The average Bonchev–Trinajstić information content (AvgIpc) is 2.21. The van der Waals surface area contributed by atoms with Crippen LogP contribution in [0.3, 0.4) is 0 Å². The molecule has 3 heteroatoms. The van der Waals surface area contributed by atoms with Crippen LogP contribution in [0.5, 0.6) is 0 Å². The molecule has 1 heterocycles. The Morgan fingerprint density at radius 1 is 1.35 bits per heavy atom. The van der Waals surface area contributed by atoms with Crippen LogP contribution in [0.1, 0.15) is 47.5 Å². The summed E-state index contributed by atoms with van der Waals surface area (Å²) in [4.78, 5) is 14.3. The Bertz CT molecular complexity index is 265. The Labute approximate surface area is 106 Å². The Kier molecular flexibility index (Phi) is 4.99. The summed E-state index contributed by atoms with van der Waals surface area (Å²) in [5.41, 5.74) is 6.01. The minimum Gasteiger partial charge on any atom is -0.338 e. The van der Waals surface area contributed by atoms with Crippen LogP contribution in [0.25, 0.3) is 0 Å². The molecule has 4 atom stereocenters. The molecule has 1 aliphatic heterocycles. The Morgan fingerprint density at radius 3 is 2.47 bits per heavy atom. The largest absolute Gasteiger partial charge is 0.338 e. The Balaban J connectivity index is 2.66. The quantitative estimate of drug-likeness (QED) is 0.822. The van der Waals surface area contributed by atoms with E-state index in [1.54, 1.807) is 0 Å². The first-order valence-electron chi connectivity index (χ1n) is 6.89. The smallest absolute Gasteiger partial charge is 0.239 e. The topological polar surface area (TPSA) is 46.3 Å². The maximum Gasteiger partial charge on any atom is 0.239 e. The molecular weight excluding hydrogens is 212 g/mol. The highest BCUT2D eigenvalue weighted by Gasteiger charge is 2.33. The summed E-state index contributed by atoms with van der Waals surface area (Å²) in [6.07, 6.45) is 2.00. The van der Waals surface area contributed by atoms with Crippen LogP contribution >= 0.6 is 0 Å². The van der Waals surface area contributed by atoms with E-state index in [9.17, 15) is 4.79 Å². The van der Waals surface area contributed by atoms with Crippen molar-refractivity contribution in [2.45, 2.75) is 59.5 Å². The maximum absolute atomic E-state index is 12.3. The molecule has 1 aliphatic rings. The Morgan fingerprint density at radius 2 is 1.94 bits per heavy atom. The van der Waals surface area contributed by atoms with Crippen molar-refractivity contribution < 1.29 is 4.79 Å². The third-order valence-electron chi connectivity index (χ3n) is 3.92. The molecule has 17 heavy (non-hydrogen) atoms. The molecule has 0 spiro atoms. The molecule has 1 fully saturated rings. The number of likely N-dealkylation sites (tertiary alicyclic amines) is 1. The van der Waals surface area contributed by atoms with Crippen molar-refractivity contribution >= 4 is 5.91 Å². The molecular formula is C14H28N2O. The van der Waals surface area contributed by atoms with E-state index in [1.807, 2.05) is 4.90 Å². The summed E-state index contributed by atoms with van der Waals surface area (Å²) in [5.74, 6) is 1.79. The first kappa shape index (κ1) is 14.5. The van der Waals surface area contributed by atoms with Gasteiger partial charge in [-0.15, -0.1) is 0 Å². The number of carbonyl (C=O) groups is 1. The number of nitrogens with zero attached hydrogens (tertiary/aromatic N) is 1. The second kappa shape index (κ2) is 5.85. The highest BCUT2D eigenvalue weighted by Crippen LogP contribution is 2.27. The van der Waals surface area contributed by atoms with Crippen molar-refractivity contribution in [3.05, 3.63) is 0 Å². The molecule has 3 nitrogen and oxygen atoms in total. The van der Waals surface area contributed by atoms with Gasteiger partial charge in [0.15, 0.2) is 0 Å². The monoisotopic (exact) mass is 240 g/mol. The summed E-state index contributed by atoms with van der Waals surface area (Å²) in [7, 11) is 0. The van der Waals surface area contributed by atoms with E-state index < -0.39 is 0 Å². The van der Waals surface area contributed by atoms with Crippen molar-refractivity contribution in [3.8, 4) is 0 Å². The zero-order valence-corrected chi connectivity index (χ0v) is 11.9. The van der Waals surface area contributed by atoms with Crippen molar-refractivity contribution in [2.24, 2.45) is 23.5 Å². The van der Waals surface area contributed by atoms with Crippen molar-refractivity contribution in [1.29, 1.82) is 0 Å². The minimum atomic E-state index is -0.324. The first-order chi connectivity index (χ1) is 7.82. The van der Waals surface area contributed by atoms with Gasteiger partial charge in [0.2, 0.25) is 5.91 Å². The minimum absolute atomic E-state index is 0.143. The van der Waals surface area contributed by atoms with Crippen LogP contribution in [-0.4, -0.2) is 29.4 Å².